The molecule has 5 heteroatoms. The van der Waals surface area contributed by atoms with Gasteiger partial charge in [0, 0.05) is 30.8 Å². The van der Waals surface area contributed by atoms with Crippen molar-refractivity contribution in [2.24, 2.45) is 0 Å². The minimum absolute atomic E-state index is 0.577. The van der Waals surface area contributed by atoms with Crippen LogP contribution in [0.1, 0.15) is 16.7 Å². The van der Waals surface area contributed by atoms with Crippen LogP contribution in [0.2, 0.25) is 0 Å². The summed E-state index contributed by atoms with van der Waals surface area (Å²) in [5, 5.41) is 6.54. The Morgan fingerprint density at radius 2 is 1.96 bits per heavy atom. The van der Waals surface area contributed by atoms with Gasteiger partial charge < -0.3 is 10.6 Å². The van der Waals surface area contributed by atoms with Crippen molar-refractivity contribution in [1.82, 2.24) is 15.0 Å². The molecule has 0 unspecified atom stereocenters. The number of nitrogens with one attached hydrogen (secondary N) is 2. The fourth-order valence-corrected chi connectivity index (χ4v) is 2.29. The van der Waals surface area contributed by atoms with Gasteiger partial charge in [0.1, 0.15) is 5.82 Å². The molecule has 5 nitrogen and oxygen atoms in total. The highest BCUT2D eigenvalue weighted by Gasteiger charge is 2.03. The maximum atomic E-state index is 4.49. The SMILES string of the molecule is Cc1ccc(Nc2nccc(NCc3cccnc3)n2)c(C)c1. The van der Waals surface area contributed by atoms with Crippen molar-refractivity contribution in [3.05, 3.63) is 71.7 Å². The maximum Gasteiger partial charge on any atom is 0.229 e. The number of pyridine rings is 1. The van der Waals surface area contributed by atoms with Gasteiger partial charge in [-0.1, -0.05) is 23.8 Å². The van der Waals surface area contributed by atoms with Crippen molar-refractivity contribution in [2.45, 2.75) is 20.4 Å². The Balaban J connectivity index is 1.69. The van der Waals surface area contributed by atoms with Gasteiger partial charge in [-0.05, 0) is 43.2 Å². The highest BCUT2D eigenvalue weighted by molar-refractivity contribution is 5.59. The van der Waals surface area contributed by atoms with E-state index >= 15 is 0 Å². The molecule has 0 saturated heterocycles. The van der Waals surface area contributed by atoms with Crippen LogP contribution in [0.3, 0.4) is 0 Å². The lowest BCUT2D eigenvalue weighted by atomic mass is 10.1. The molecule has 0 atom stereocenters. The van der Waals surface area contributed by atoms with E-state index in [1.165, 1.54) is 11.1 Å². The van der Waals surface area contributed by atoms with E-state index in [0.717, 1.165) is 17.1 Å². The maximum absolute atomic E-state index is 4.49. The van der Waals surface area contributed by atoms with E-state index < -0.39 is 0 Å². The second kappa shape index (κ2) is 6.87. The largest absolute Gasteiger partial charge is 0.366 e. The van der Waals surface area contributed by atoms with Crippen LogP contribution in [0.25, 0.3) is 0 Å². The first kappa shape index (κ1) is 15.0. The predicted octanol–water partition coefficient (Wildman–Crippen LogP) is 3.84. The van der Waals surface area contributed by atoms with E-state index in [1.54, 1.807) is 12.4 Å². The Bertz CT molecular complexity index is 786. The van der Waals surface area contributed by atoms with Gasteiger partial charge >= 0.3 is 0 Å². The van der Waals surface area contributed by atoms with Gasteiger partial charge in [0.15, 0.2) is 0 Å². The normalized spacial score (nSPS) is 10.3. The topological polar surface area (TPSA) is 62.7 Å². The van der Waals surface area contributed by atoms with Crippen molar-refractivity contribution in [3.8, 4) is 0 Å². The smallest absolute Gasteiger partial charge is 0.229 e. The molecule has 1 aromatic carbocycles. The number of rotatable bonds is 5. The molecule has 2 heterocycles. The van der Waals surface area contributed by atoms with Gasteiger partial charge in [0.05, 0.1) is 0 Å². The Hall–Kier alpha value is -2.95. The van der Waals surface area contributed by atoms with Crippen molar-refractivity contribution in [3.63, 3.8) is 0 Å². The van der Waals surface area contributed by atoms with Gasteiger partial charge in [-0.15, -0.1) is 0 Å². The highest BCUT2D eigenvalue weighted by atomic mass is 15.1. The molecule has 0 bridgehead atoms. The molecule has 0 amide bonds. The molecule has 0 aliphatic rings. The molecule has 0 radical (unpaired) electrons. The van der Waals surface area contributed by atoms with Crippen LogP contribution < -0.4 is 10.6 Å². The third kappa shape index (κ3) is 4.03. The summed E-state index contributed by atoms with van der Waals surface area (Å²) in [6.45, 7) is 4.82. The first-order valence-electron chi connectivity index (χ1n) is 7.51. The molecule has 116 valence electrons. The third-order valence-corrected chi connectivity index (χ3v) is 3.48. The molecular weight excluding hydrogens is 286 g/mol. The number of aryl methyl sites for hydroxylation is 2. The number of benzene rings is 1. The molecule has 2 aromatic heterocycles. The number of anilines is 3. The second-order valence-corrected chi connectivity index (χ2v) is 5.42. The van der Waals surface area contributed by atoms with E-state index in [2.05, 4.69) is 51.6 Å². The summed E-state index contributed by atoms with van der Waals surface area (Å²) in [5.74, 6) is 1.35. The quantitative estimate of drug-likeness (QED) is 0.750. The molecule has 23 heavy (non-hydrogen) atoms. The molecule has 3 rings (SSSR count). The molecule has 0 fully saturated rings. The summed E-state index contributed by atoms with van der Waals surface area (Å²) in [6, 6.07) is 12.0. The van der Waals surface area contributed by atoms with E-state index in [1.807, 2.05) is 30.5 Å². The molecule has 0 aliphatic carbocycles. The van der Waals surface area contributed by atoms with Crippen LogP contribution in [0, 0.1) is 13.8 Å². The Labute approximate surface area is 135 Å². The van der Waals surface area contributed by atoms with Gasteiger partial charge in [-0.2, -0.15) is 4.98 Å². The lowest BCUT2D eigenvalue weighted by Crippen LogP contribution is -2.04. The molecule has 0 spiro atoms. The first-order valence-corrected chi connectivity index (χ1v) is 7.51. The van der Waals surface area contributed by atoms with Gasteiger partial charge in [0.2, 0.25) is 5.95 Å². The van der Waals surface area contributed by atoms with Crippen LogP contribution in [0.4, 0.5) is 17.5 Å². The molecular formula is C18H19N5. The van der Waals surface area contributed by atoms with Crippen LogP contribution in [-0.4, -0.2) is 15.0 Å². The number of nitrogens with zero attached hydrogens (tertiary/aromatic N) is 3. The Morgan fingerprint density at radius 3 is 2.74 bits per heavy atom. The summed E-state index contributed by atoms with van der Waals surface area (Å²) in [6.07, 6.45) is 5.34. The Morgan fingerprint density at radius 1 is 1.04 bits per heavy atom. The zero-order valence-electron chi connectivity index (χ0n) is 13.2. The van der Waals surface area contributed by atoms with E-state index in [0.29, 0.717) is 12.5 Å². The average molecular weight is 305 g/mol. The fourth-order valence-electron chi connectivity index (χ4n) is 2.29. The standard InChI is InChI=1S/C18H19N5/c1-13-5-6-16(14(2)10-13)22-18-20-9-7-17(23-18)21-12-15-4-3-8-19-11-15/h3-11H,12H2,1-2H3,(H2,20,21,22,23). The number of hydrogen-bond acceptors (Lipinski definition) is 5. The molecule has 0 saturated carbocycles. The van der Waals surface area contributed by atoms with E-state index in [-0.39, 0.29) is 0 Å². The van der Waals surface area contributed by atoms with Gasteiger partial charge in [-0.25, -0.2) is 4.98 Å². The van der Waals surface area contributed by atoms with Crippen LogP contribution in [-0.2, 0) is 6.54 Å². The molecule has 3 aromatic rings. The number of aromatic nitrogens is 3. The van der Waals surface area contributed by atoms with Crippen molar-refractivity contribution >= 4 is 17.5 Å². The lowest BCUT2D eigenvalue weighted by molar-refractivity contribution is 1.07. The summed E-state index contributed by atoms with van der Waals surface area (Å²) in [5.41, 5.74) is 4.53. The fraction of sp³-hybridized carbons (Fsp3) is 0.167. The Kier molecular flexibility index (Phi) is 4.47. The summed E-state index contributed by atoms with van der Waals surface area (Å²) in [7, 11) is 0. The first-order chi connectivity index (χ1) is 11.2. The average Bonchev–Trinajstić information content (AvgIpc) is 2.57. The summed E-state index contributed by atoms with van der Waals surface area (Å²) < 4.78 is 0. The molecule has 2 N–H and O–H groups in total. The summed E-state index contributed by atoms with van der Waals surface area (Å²) >= 11 is 0. The minimum atomic E-state index is 0.577. The van der Waals surface area contributed by atoms with Crippen LogP contribution in [0.5, 0.6) is 0 Å². The van der Waals surface area contributed by atoms with E-state index in [4.69, 9.17) is 0 Å². The van der Waals surface area contributed by atoms with Crippen molar-refractivity contribution in [1.29, 1.82) is 0 Å². The monoisotopic (exact) mass is 305 g/mol. The van der Waals surface area contributed by atoms with Crippen LogP contribution in [0.15, 0.2) is 55.0 Å². The highest BCUT2D eigenvalue weighted by Crippen LogP contribution is 2.20. The molecule has 0 aliphatic heterocycles. The summed E-state index contributed by atoms with van der Waals surface area (Å²) in [4.78, 5) is 12.9. The van der Waals surface area contributed by atoms with E-state index in [9.17, 15) is 0 Å². The zero-order chi connectivity index (χ0) is 16.1. The predicted molar refractivity (Wildman–Crippen MR) is 92.8 cm³/mol. The van der Waals surface area contributed by atoms with Crippen molar-refractivity contribution < 1.29 is 0 Å². The van der Waals surface area contributed by atoms with Gasteiger partial charge in [-0.3, -0.25) is 4.98 Å². The van der Waals surface area contributed by atoms with Crippen molar-refractivity contribution in [2.75, 3.05) is 10.6 Å². The second-order valence-electron chi connectivity index (χ2n) is 5.42. The zero-order valence-corrected chi connectivity index (χ0v) is 13.2. The number of hydrogen-bond donors (Lipinski definition) is 2. The lowest BCUT2D eigenvalue weighted by Gasteiger charge is -2.10. The van der Waals surface area contributed by atoms with Gasteiger partial charge in [0.25, 0.3) is 0 Å². The minimum Gasteiger partial charge on any atom is -0.366 e. The third-order valence-electron chi connectivity index (χ3n) is 3.48. The van der Waals surface area contributed by atoms with Crippen LogP contribution >= 0.6 is 0 Å².